The molecule has 0 saturated carbocycles. The zero-order valence-corrected chi connectivity index (χ0v) is 86.4. The molecule has 0 spiro atoms. The number of nitrogens with zero attached hydrogens (tertiary/aromatic N) is 6. The third-order valence-electron chi connectivity index (χ3n) is 25.3. The van der Waals surface area contributed by atoms with E-state index in [2.05, 4.69) is 269 Å². The first-order valence-corrected chi connectivity index (χ1v) is 55.8. The standard InChI is InChI=1S/2C26H18O.2C11H11NO.4C10H9NO.C8H10O.3Ga/c27-26-24(22-14-5-10-18-8-1-3-12-20(18)22)16-7-17-25(26)23-15-6-11-19-9-2-4-13-21(19)23;27-26-24(22-14-12-18-6-1-3-8-20(18)16-22)10-5-11-25(26)23-15-13-19-7-2-4-9-21(19)17-23;2*1-7-6-8(2)12-11-9(7)4-3-5-10(11)13;4*1-7-5-6-8-3-2-4-9(12)10(8)11-7;1-6-4-3-5-7(2)8(6)9;;;/h2*1-17,27H;2*3-6,13H,1-2H3;4*2-6,12H,1H3;3-5,9H,1-2H3;;;/q;;;;;;;;;3*+3/p-9. The number of aryl methyl sites for hydroxylation is 10. The summed E-state index contributed by atoms with van der Waals surface area (Å²) < 4.78 is 62.3. The van der Waals surface area contributed by atoms with E-state index in [1.807, 2.05) is 195 Å². The number of benzene rings is 17. The summed E-state index contributed by atoms with van der Waals surface area (Å²) in [6.45, 7) is 20.2. The topological polar surface area (TPSA) is 160 Å². The van der Waals surface area contributed by atoms with Gasteiger partial charge in [0.1, 0.15) is 0 Å². The quantitative estimate of drug-likeness (QED) is 0.0589. The molecular weight excluding hydrogens is 1900 g/mol. The molecule has 23 aromatic rings. The number of fused-ring (bicyclic) bond motifs is 10. The van der Waals surface area contributed by atoms with Crippen LogP contribution in [-0.2, 0) is 0 Å². The van der Waals surface area contributed by atoms with Crippen molar-refractivity contribution < 1.29 is 31.8 Å². The summed E-state index contributed by atoms with van der Waals surface area (Å²) in [5.41, 5.74) is 22.7. The Morgan fingerprint density at radius 2 is 0.407 bits per heavy atom. The molecule has 0 atom stereocenters. The van der Waals surface area contributed by atoms with Crippen LogP contribution >= 0.6 is 0 Å². The number of pyridine rings is 6. The summed E-state index contributed by atoms with van der Waals surface area (Å²) in [5.74, 6) is 6.11. The molecule has 0 amide bonds. The second-order valence-corrected chi connectivity index (χ2v) is 43.4. The molecule has 23 rings (SSSR count). The Bertz CT molecular complexity index is 8230. The van der Waals surface area contributed by atoms with Crippen LogP contribution in [0.3, 0.4) is 0 Å². The molecular formula is C122H95Ga3N6O9. The van der Waals surface area contributed by atoms with E-state index in [1.54, 1.807) is 0 Å². The average Bonchev–Trinajstić information content (AvgIpc) is 0.750. The van der Waals surface area contributed by atoms with Crippen LogP contribution < -0.4 is 31.8 Å². The number of aromatic nitrogens is 6. The number of para-hydroxylation sites is 9. The fourth-order valence-corrected chi connectivity index (χ4v) is 27.5. The maximum atomic E-state index is 7.34. The van der Waals surface area contributed by atoms with Gasteiger partial charge in [-0.25, -0.2) is 0 Å². The van der Waals surface area contributed by atoms with Crippen LogP contribution in [0.25, 0.3) is 153 Å². The van der Waals surface area contributed by atoms with E-state index in [9.17, 15) is 0 Å². The van der Waals surface area contributed by atoms with Crippen molar-refractivity contribution in [1.29, 1.82) is 0 Å². The summed E-state index contributed by atoms with van der Waals surface area (Å²) in [6, 6.07) is 135. The van der Waals surface area contributed by atoms with Crippen LogP contribution in [0.4, 0.5) is 0 Å². The SMILES string of the molecule is Cc1cc(C)c2cccc([O][Ga]([O]c3c(C)cccc3C)[O]c3cccc4c(C)cc(C)nc34)c2n1.Cc1ccc2cccc([O][Ga]([O]c3c(-c4ccc5ccccc5c4)cccc3-c3ccc4ccccc4c3)[O]c3cccc4ccc(C)nc34)c2n1.Cc1ccc2cccc([O][Ga]([O]c3c(-c4cccc5ccccc45)cccc3-c3cccc4ccccc34)[O]c3cccc4ccc(C)nc34)c2n1. The molecule has 17 aromatic carbocycles. The molecule has 0 aliphatic carbocycles. The van der Waals surface area contributed by atoms with Gasteiger partial charge in [0.2, 0.25) is 0 Å². The Hall–Kier alpha value is -15.7. The fourth-order valence-electron chi connectivity index (χ4n) is 18.5. The molecule has 6 aromatic heterocycles. The molecule has 0 N–H and O–H groups in total. The number of hydrogen-bond donors (Lipinski definition) is 0. The third kappa shape index (κ3) is 19.5. The van der Waals surface area contributed by atoms with Crippen molar-refractivity contribution in [3.05, 3.63) is 451 Å². The predicted molar refractivity (Wildman–Crippen MR) is 572 cm³/mol. The van der Waals surface area contributed by atoms with Crippen LogP contribution in [0.1, 0.15) is 56.4 Å². The Balaban J connectivity index is 0.000000127. The minimum absolute atomic E-state index is 0.630. The van der Waals surface area contributed by atoms with Crippen molar-refractivity contribution in [2.45, 2.75) is 69.2 Å². The Morgan fingerprint density at radius 3 is 0.779 bits per heavy atom. The van der Waals surface area contributed by atoms with Gasteiger partial charge in [0, 0.05) is 0 Å². The zero-order valence-electron chi connectivity index (χ0n) is 79.1. The van der Waals surface area contributed by atoms with E-state index in [-0.39, 0.29) is 0 Å². The molecule has 0 aliphatic heterocycles. The van der Waals surface area contributed by atoms with Crippen LogP contribution in [0, 0.1) is 69.2 Å². The van der Waals surface area contributed by atoms with Gasteiger partial charge >= 0.3 is 838 Å². The molecule has 18 heteroatoms. The van der Waals surface area contributed by atoms with Crippen molar-refractivity contribution in [3.8, 4) is 96.3 Å². The van der Waals surface area contributed by atoms with Gasteiger partial charge in [0.05, 0.1) is 0 Å². The molecule has 6 heterocycles. The molecule has 0 bridgehead atoms. The van der Waals surface area contributed by atoms with Gasteiger partial charge in [-0.05, 0) is 0 Å². The average molecular weight is 2000 g/mol. The Kier molecular flexibility index (Phi) is 26.1. The predicted octanol–water partition coefficient (Wildman–Crippen LogP) is 30.3. The van der Waals surface area contributed by atoms with E-state index in [0.29, 0.717) is 46.0 Å². The Morgan fingerprint density at radius 1 is 0.157 bits per heavy atom. The molecule has 0 saturated heterocycles. The monoisotopic (exact) mass is 1990 g/mol. The van der Waals surface area contributed by atoms with Crippen LogP contribution in [0.2, 0.25) is 0 Å². The van der Waals surface area contributed by atoms with Crippen molar-refractivity contribution in [3.63, 3.8) is 0 Å². The van der Waals surface area contributed by atoms with Gasteiger partial charge in [-0.1, -0.05) is 0 Å². The summed E-state index contributed by atoms with van der Waals surface area (Å²) in [4.78, 5) is 29.1. The summed E-state index contributed by atoms with van der Waals surface area (Å²) in [7, 11) is 0. The first-order chi connectivity index (χ1) is 68.4. The maximum absolute atomic E-state index is 7.34. The van der Waals surface area contributed by atoms with Crippen molar-refractivity contribution >= 4 is 160 Å². The Labute approximate surface area is 831 Å². The van der Waals surface area contributed by atoms with Crippen LogP contribution in [-0.4, -0.2) is 81.8 Å². The summed E-state index contributed by atoms with van der Waals surface area (Å²) >= 11 is -11.1. The third-order valence-corrected chi connectivity index (χ3v) is 33.6. The van der Waals surface area contributed by atoms with Crippen LogP contribution in [0.5, 0.6) is 51.7 Å². The second kappa shape index (κ2) is 40.2. The fraction of sp³-hybridized carbons (Fsp3) is 0.0820. The van der Waals surface area contributed by atoms with Gasteiger partial charge in [-0.2, -0.15) is 0 Å². The summed E-state index contributed by atoms with van der Waals surface area (Å²) in [5, 5.41) is 15.3. The minimum atomic E-state index is -3.85. The number of rotatable bonds is 22. The zero-order chi connectivity index (χ0) is 95.4. The molecule has 0 unspecified atom stereocenters. The van der Waals surface area contributed by atoms with Crippen molar-refractivity contribution in [1.82, 2.24) is 29.9 Å². The van der Waals surface area contributed by atoms with E-state index in [1.165, 1.54) is 10.8 Å². The van der Waals surface area contributed by atoms with Gasteiger partial charge in [0.25, 0.3) is 0 Å². The van der Waals surface area contributed by atoms with E-state index in [0.717, 1.165) is 204 Å². The first kappa shape index (κ1) is 90.8. The van der Waals surface area contributed by atoms with Gasteiger partial charge in [0.15, 0.2) is 0 Å². The van der Waals surface area contributed by atoms with Crippen molar-refractivity contribution in [2.24, 2.45) is 0 Å². The van der Waals surface area contributed by atoms with E-state index >= 15 is 0 Å². The molecule has 676 valence electrons. The first-order valence-electron chi connectivity index (χ1n) is 46.9. The normalized spacial score (nSPS) is 11.2. The van der Waals surface area contributed by atoms with E-state index < -0.39 is 51.9 Å². The molecule has 15 nitrogen and oxygen atoms in total. The second-order valence-electron chi connectivity index (χ2n) is 35.3. The van der Waals surface area contributed by atoms with Crippen LogP contribution in [0.15, 0.2) is 394 Å². The van der Waals surface area contributed by atoms with E-state index in [4.69, 9.17) is 61.7 Å². The van der Waals surface area contributed by atoms with Gasteiger partial charge in [-0.15, -0.1) is 0 Å². The number of hydrogen-bond acceptors (Lipinski definition) is 15. The molecule has 0 radical (unpaired) electrons. The van der Waals surface area contributed by atoms with Crippen molar-refractivity contribution in [2.75, 3.05) is 0 Å². The van der Waals surface area contributed by atoms with Gasteiger partial charge < -0.3 is 0 Å². The molecule has 0 fully saturated rings. The summed E-state index contributed by atoms with van der Waals surface area (Å²) in [6.07, 6.45) is 0. The molecule has 0 aliphatic rings. The molecule has 140 heavy (non-hydrogen) atoms. The van der Waals surface area contributed by atoms with Gasteiger partial charge in [-0.3, -0.25) is 0 Å².